The van der Waals surface area contributed by atoms with Gasteiger partial charge in [0.25, 0.3) is 0 Å². The monoisotopic (exact) mass is 421 g/mol. The lowest BCUT2D eigenvalue weighted by Gasteiger charge is -2.36. The summed E-state index contributed by atoms with van der Waals surface area (Å²) >= 11 is 0. The number of carbonyl (C=O) groups excluding carboxylic acids is 2. The van der Waals surface area contributed by atoms with E-state index < -0.39 is 0 Å². The van der Waals surface area contributed by atoms with Crippen molar-refractivity contribution in [3.05, 3.63) is 66.2 Å². The van der Waals surface area contributed by atoms with Crippen LogP contribution in [0.2, 0.25) is 0 Å². The minimum absolute atomic E-state index is 0.0830. The molecule has 6 nitrogen and oxygen atoms in total. The number of hydrogen-bond acceptors (Lipinski definition) is 4. The van der Waals surface area contributed by atoms with Gasteiger partial charge in [0.1, 0.15) is 5.75 Å². The Morgan fingerprint density at radius 2 is 1.71 bits per heavy atom. The van der Waals surface area contributed by atoms with Crippen LogP contribution >= 0.6 is 0 Å². The van der Waals surface area contributed by atoms with Gasteiger partial charge in [-0.3, -0.25) is 9.59 Å². The van der Waals surface area contributed by atoms with Crippen molar-refractivity contribution in [1.82, 2.24) is 10.2 Å². The van der Waals surface area contributed by atoms with E-state index in [2.05, 4.69) is 29.3 Å². The number of carbonyl (C=O) groups is 2. The molecule has 1 heterocycles. The molecule has 2 amide bonds. The Hall–Kier alpha value is -3.28. The summed E-state index contributed by atoms with van der Waals surface area (Å²) in [6, 6.07) is 17.9. The summed E-state index contributed by atoms with van der Waals surface area (Å²) in [5.41, 5.74) is 2.11. The molecule has 1 aliphatic rings. The third-order valence-electron chi connectivity index (χ3n) is 5.17. The summed E-state index contributed by atoms with van der Waals surface area (Å²) in [5.74, 6) is 0.708. The molecule has 0 aromatic heterocycles. The minimum atomic E-state index is -0.201. The van der Waals surface area contributed by atoms with Crippen molar-refractivity contribution in [1.29, 1.82) is 0 Å². The summed E-state index contributed by atoms with van der Waals surface area (Å²) in [7, 11) is 0. The summed E-state index contributed by atoms with van der Waals surface area (Å²) in [6.45, 7) is 6.17. The Morgan fingerprint density at radius 3 is 2.39 bits per heavy atom. The van der Waals surface area contributed by atoms with Crippen LogP contribution in [0.25, 0.3) is 6.08 Å². The molecule has 3 rings (SSSR count). The van der Waals surface area contributed by atoms with Crippen molar-refractivity contribution >= 4 is 23.6 Å². The predicted molar refractivity (Wildman–Crippen MR) is 124 cm³/mol. The standard InChI is InChI=1S/C25H31N3O3/c1-2-20-31-23-11-8-21(9-12-23)10-13-24(29)26-15-14-25(30)28-18-16-27(17-19-28)22-6-4-3-5-7-22/h3-13H,2,14-20H2,1H3,(H,26,29)/b13-10+. The lowest BCUT2D eigenvalue weighted by Crippen LogP contribution is -2.49. The van der Waals surface area contributed by atoms with E-state index in [-0.39, 0.29) is 11.8 Å². The number of ether oxygens (including phenoxy) is 1. The zero-order valence-corrected chi connectivity index (χ0v) is 18.1. The second kappa shape index (κ2) is 11.8. The van der Waals surface area contributed by atoms with E-state index in [1.807, 2.05) is 47.4 Å². The Labute approximate surface area is 184 Å². The predicted octanol–water partition coefficient (Wildman–Crippen LogP) is 3.34. The van der Waals surface area contributed by atoms with Crippen LogP contribution in [0.5, 0.6) is 5.75 Å². The molecule has 164 valence electrons. The molecule has 1 saturated heterocycles. The number of nitrogens with zero attached hydrogens (tertiary/aromatic N) is 2. The molecular formula is C25H31N3O3. The SMILES string of the molecule is CCCOc1ccc(/C=C/C(=O)NCCC(=O)N2CCN(c3ccccc3)CC2)cc1. The largest absolute Gasteiger partial charge is 0.494 e. The van der Waals surface area contributed by atoms with E-state index in [9.17, 15) is 9.59 Å². The first-order chi connectivity index (χ1) is 15.2. The fourth-order valence-electron chi connectivity index (χ4n) is 3.43. The smallest absolute Gasteiger partial charge is 0.244 e. The average Bonchev–Trinajstić information content (AvgIpc) is 2.82. The van der Waals surface area contributed by atoms with Gasteiger partial charge in [-0.25, -0.2) is 0 Å². The summed E-state index contributed by atoms with van der Waals surface area (Å²) in [6.07, 6.45) is 4.52. The van der Waals surface area contributed by atoms with E-state index in [1.54, 1.807) is 6.08 Å². The van der Waals surface area contributed by atoms with Crippen molar-refractivity contribution in [2.75, 3.05) is 44.2 Å². The molecule has 1 aliphatic heterocycles. The molecule has 1 fully saturated rings. The van der Waals surface area contributed by atoms with Crippen LogP contribution in [0, 0.1) is 0 Å². The van der Waals surface area contributed by atoms with E-state index in [1.165, 1.54) is 11.8 Å². The molecule has 0 unspecified atom stereocenters. The number of anilines is 1. The highest BCUT2D eigenvalue weighted by molar-refractivity contribution is 5.92. The molecule has 0 aliphatic carbocycles. The minimum Gasteiger partial charge on any atom is -0.494 e. The van der Waals surface area contributed by atoms with Crippen molar-refractivity contribution in [3.8, 4) is 5.75 Å². The first-order valence-electron chi connectivity index (χ1n) is 10.9. The van der Waals surface area contributed by atoms with Crippen LogP contribution in [-0.2, 0) is 9.59 Å². The Morgan fingerprint density at radius 1 is 1.00 bits per heavy atom. The molecule has 0 radical (unpaired) electrons. The van der Waals surface area contributed by atoms with Gasteiger partial charge in [0.05, 0.1) is 6.61 Å². The number of nitrogens with one attached hydrogen (secondary N) is 1. The molecule has 31 heavy (non-hydrogen) atoms. The number of piperazine rings is 1. The van der Waals surface area contributed by atoms with E-state index in [4.69, 9.17) is 4.74 Å². The third-order valence-corrected chi connectivity index (χ3v) is 5.17. The van der Waals surface area contributed by atoms with Crippen molar-refractivity contribution in [3.63, 3.8) is 0 Å². The second-order valence-electron chi connectivity index (χ2n) is 7.50. The van der Waals surface area contributed by atoms with Gasteiger partial charge in [-0.2, -0.15) is 0 Å². The quantitative estimate of drug-likeness (QED) is 0.631. The van der Waals surface area contributed by atoms with Crippen LogP contribution in [0.4, 0.5) is 5.69 Å². The van der Waals surface area contributed by atoms with Gasteiger partial charge < -0.3 is 19.9 Å². The number of para-hydroxylation sites is 1. The molecule has 1 N–H and O–H groups in total. The molecule has 0 spiro atoms. The molecule has 2 aromatic rings. The van der Waals surface area contributed by atoms with Crippen LogP contribution < -0.4 is 15.0 Å². The molecule has 0 bridgehead atoms. The van der Waals surface area contributed by atoms with Crippen molar-refractivity contribution in [2.45, 2.75) is 19.8 Å². The number of rotatable bonds is 9. The van der Waals surface area contributed by atoms with Crippen LogP contribution in [-0.4, -0.2) is 56.0 Å². The van der Waals surface area contributed by atoms with Gasteiger partial charge in [0.15, 0.2) is 0 Å². The number of hydrogen-bond donors (Lipinski definition) is 1. The Kier molecular flexibility index (Phi) is 8.52. The lowest BCUT2D eigenvalue weighted by atomic mass is 10.2. The van der Waals surface area contributed by atoms with Crippen molar-refractivity contribution < 1.29 is 14.3 Å². The third kappa shape index (κ3) is 7.17. The normalized spacial score (nSPS) is 14.0. The molecule has 6 heteroatoms. The second-order valence-corrected chi connectivity index (χ2v) is 7.50. The maximum absolute atomic E-state index is 12.4. The topological polar surface area (TPSA) is 61.9 Å². The number of benzene rings is 2. The van der Waals surface area contributed by atoms with Gasteiger partial charge >= 0.3 is 0 Å². The highest BCUT2D eigenvalue weighted by Gasteiger charge is 2.20. The summed E-state index contributed by atoms with van der Waals surface area (Å²) in [4.78, 5) is 28.6. The van der Waals surface area contributed by atoms with Crippen LogP contribution in [0.15, 0.2) is 60.7 Å². The first-order valence-corrected chi connectivity index (χ1v) is 10.9. The van der Waals surface area contributed by atoms with E-state index >= 15 is 0 Å². The molecular weight excluding hydrogens is 390 g/mol. The van der Waals surface area contributed by atoms with E-state index in [0.29, 0.717) is 32.7 Å². The molecule has 0 saturated carbocycles. The van der Waals surface area contributed by atoms with Gasteiger partial charge in [-0.15, -0.1) is 0 Å². The summed E-state index contributed by atoms with van der Waals surface area (Å²) in [5, 5.41) is 2.79. The van der Waals surface area contributed by atoms with Gasteiger partial charge in [-0.1, -0.05) is 37.3 Å². The summed E-state index contributed by atoms with van der Waals surface area (Å²) < 4.78 is 5.55. The highest BCUT2D eigenvalue weighted by atomic mass is 16.5. The van der Waals surface area contributed by atoms with E-state index in [0.717, 1.165) is 30.8 Å². The maximum atomic E-state index is 12.4. The maximum Gasteiger partial charge on any atom is 0.244 e. The van der Waals surface area contributed by atoms with Gasteiger partial charge in [0.2, 0.25) is 11.8 Å². The lowest BCUT2D eigenvalue weighted by molar-refractivity contribution is -0.131. The zero-order chi connectivity index (χ0) is 21.9. The fourth-order valence-corrected chi connectivity index (χ4v) is 3.43. The van der Waals surface area contributed by atoms with Gasteiger partial charge in [0, 0.05) is 50.9 Å². The van der Waals surface area contributed by atoms with Gasteiger partial charge in [-0.05, 0) is 42.3 Å². The fraction of sp³-hybridized carbons (Fsp3) is 0.360. The first kappa shape index (κ1) is 22.4. The Balaban J connectivity index is 1.34. The van der Waals surface area contributed by atoms with Crippen molar-refractivity contribution in [2.24, 2.45) is 0 Å². The molecule has 2 aromatic carbocycles. The Bertz CT molecular complexity index is 857. The highest BCUT2D eigenvalue weighted by Crippen LogP contribution is 2.16. The average molecular weight is 422 g/mol. The molecule has 0 atom stereocenters. The number of amides is 2. The van der Waals surface area contributed by atoms with Crippen LogP contribution in [0.1, 0.15) is 25.3 Å². The van der Waals surface area contributed by atoms with Crippen LogP contribution in [0.3, 0.4) is 0 Å². The zero-order valence-electron chi connectivity index (χ0n) is 18.1.